The maximum absolute atomic E-state index is 13.4. The highest BCUT2D eigenvalue weighted by Gasteiger charge is 2.31. The fourth-order valence-corrected chi connectivity index (χ4v) is 6.67. The predicted octanol–water partition coefficient (Wildman–Crippen LogP) is 4.04. The van der Waals surface area contributed by atoms with Gasteiger partial charge in [0.1, 0.15) is 22.7 Å². The van der Waals surface area contributed by atoms with Crippen LogP contribution in [0.4, 0.5) is 10.1 Å². The number of fused-ring (bicyclic) bond motifs is 1. The zero-order valence-corrected chi connectivity index (χ0v) is 19.6. The SMILES string of the molecule is CCOC(=O)c1c(-c2ccc(F)cc2)oc2cc(NS(=O)(=O)CS(C)(=O)=O)c(C3CC3)cc12. The molecule has 3 aromatic rings. The first kappa shape index (κ1) is 23.2. The van der Waals surface area contributed by atoms with Crippen LogP contribution >= 0.6 is 0 Å². The number of benzene rings is 2. The van der Waals surface area contributed by atoms with E-state index in [2.05, 4.69) is 4.72 Å². The number of sulfonamides is 1. The van der Waals surface area contributed by atoms with Gasteiger partial charge in [0.2, 0.25) is 10.0 Å². The number of halogens is 1. The highest BCUT2D eigenvalue weighted by atomic mass is 32.3. The predicted molar refractivity (Wildman–Crippen MR) is 122 cm³/mol. The van der Waals surface area contributed by atoms with Crippen LogP contribution in [0.1, 0.15) is 41.6 Å². The van der Waals surface area contributed by atoms with E-state index in [1.54, 1.807) is 13.0 Å². The van der Waals surface area contributed by atoms with Crippen LogP contribution in [0.3, 0.4) is 0 Å². The van der Waals surface area contributed by atoms with E-state index in [0.29, 0.717) is 16.5 Å². The van der Waals surface area contributed by atoms with Gasteiger partial charge in [0, 0.05) is 23.3 Å². The Hall–Kier alpha value is -2.92. The van der Waals surface area contributed by atoms with E-state index in [-0.39, 0.29) is 35.1 Å². The molecule has 0 aliphatic heterocycles. The van der Waals surface area contributed by atoms with Crippen LogP contribution in [0.15, 0.2) is 40.8 Å². The summed E-state index contributed by atoms with van der Waals surface area (Å²) in [6.45, 7) is 1.80. The van der Waals surface area contributed by atoms with Crippen LogP contribution < -0.4 is 4.72 Å². The molecule has 0 spiro atoms. The lowest BCUT2D eigenvalue weighted by atomic mass is 10.0. The van der Waals surface area contributed by atoms with E-state index in [9.17, 15) is 26.0 Å². The van der Waals surface area contributed by atoms with Crippen molar-refractivity contribution in [2.75, 3.05) is 22.7 Å². The Morgan fingerprint density at radius 2 is 1.82 bits per heavy atom. The molecule has 1 fully saturated rings. The summed E-state index contributed by atoms with van der Waals surface area (Å²) in [5.41, 5.74) is 1.65. The molecule has 0 amide bonds. The van der Waals surface area contributed by atoms with Crippen molar-refractivity contribution in [3.8, 4) is 11.3 Å². The number of anilines is 1. The molecule has 1 N–H and O–H groups in total. The second-order valence-electron chi connectivity index (χ2n) is 8.00. The van der Waals surface area contributed by atoms with Crippen LogP contribution in [-0.4, -0.2) is 40.8 Å². The lowest BCUT2D eigenvalue weighted by molar-refractivity contribution is 0.0528. The van der Waals surface area contributed by atoms with Gasteiger partial charge in [0.25, 0.3) is 0 Å². The normalized spacial score (nSPS) is 14.4. The second-order valence-corrected chi connectivity index (χ2v) is 12.2. The molecular weight excluding hydrogens is 473 g/mol. The fraction of sp³-hybridized carbons (Fsp3) is 0.318. The summed E-state index contributed by atoms with van der Waals surface area (Å²) in [6.07, 6.45) is 2.48. The molecule has 1 saturated carbocycles. The van der Waals surface area contributed by atoms with Gasteiger partial charge in [0.05, 0.1) is 12.3 Å². The largest absolute Gasteiger partial charge is 0.462 e. The van der Waals surface area contributed by atoms with Gasteiger partial charge in [0.15, 0.2) is 14.9 Å². The number of ether oxygens (including phenoxy) is 1. The number of rotatable bonds is 8. The van der Waals surface area contributed by atoms with Gasteiger partial charge in [-0.2, -0.15) is 0 Å². The molecule has 176 valence electrons. The number of sulfone groups is 1. The Bertz CT molecular complexity index is 1440. The number of esters is 1. The topological polar surface area (TPSA) is 120 Å². The second kappa shape index (κ2) is 8.45. The molecule has 1 heterocycles. The summed E-state index contributed by atoms with van der Waals surface area (Å²) >= 11 is 0. The molecule has 11 heteroatoms. The summed E-state index contributed by atoms with van der Waals surface area (Å²) in [7, 11) is -7.97. The number of carbonyl (C=O) groups excluding carboxylic acids is 1. The number of carbonyl (C=O) groups is 1. The number of furan rings is 1. The summed E-state index contributed by atoms with van der Waals surface area (Å²) in [5.74, 6) is -0.847. The molecule has 4 rings (SSSR count). The van der Waals surface area contributed by atoms with Gasteiger partial charge in [-0.1, -0.05) is 0 Å². The van der Waals surface area contributed by atoms with Crippen molar-refractivity contribution in [1.82, 2.24) is 0 Å². The van der Waals surface area contributed by atoms with Crippen LogP contribution in [-0.2, 0) is 24.6 Å². The number of hydrogen-bond donors (Lipinski definition) is 1. The lowest BCUT2D eigenvalue weighted by Gasteiger charge is -2.12. The molecule has 33 heavy (non-hydrogen) atoms. The Labute approximate surface area is 190 Å². The number of hydrogen-bond acceptors (Lipinski definition) is 7. The summed E-state index contributed by atoms with van der Waals surface area (Å²) in [5, 5.41) is -0.629. The summed E-state index contributed by atoms with van der Waals surface area (Å²) in [4.78, 5) is 12.8. The first-order chi connectivity index (χ1) is 15.5. The van der Waals surface area contributed by atoms with E-state index in [0.717, 1.165) is 19.1 Å². The molecule has 0 saturated heterocycles. The van der Waals surface area contributed by atoms with Gasteiger partial charge in [-0.05, 0) is 61.6 Å². The Morgan fingerprint density at radius 1 is 1.15 bits per heavy atom. The molecule has 1 aromatic heterocycles. The van der Waals surface area contributed by atoms with E-state index in [4.69, 9.17) is 9.15 Å². The maximum atomic E-state index is 13.4. The van der Waals surface area contributed by atoms with Crippen LogP contribution in [0.25, 0.3) is 22.3 Å². The Kier molecular flexibility index (Phi) is 5.95. The Balaban J connectivity index is 1.90. The van der Waals surface area contributed by atoms with Crippen molar-refractivity contribution in [2.45, 2.75) is 25.7 Å². The minimum absolute atomic E-state index is 0.0598. The van der Waals surface area contributed by atoms with E-state index in [1.807, 2.05) is 0 Å². The molecule has 2 aromatic carbocycles. The van der Waals surface area contributed by atoms with E-state index < -0.39 is 36.7 Å². The van der Waals surface area contributed by atoms with Gasteiger partial charge in [-0.25, -0.2) is 26.0 Å². The molecule has 0 unspecified atom stereocenters. The van der Waals surface area contributed by atoms with Gasteiger partial charge >= 0.3 is 5.97 Å². The monoisotopic (exact) mass is 495 g/mol. The zero-order valence-electron chi connectivity index (χ0n) is 17.9. The van der Waals surface area contributed by atoms with Gasteiger partial charge in [-0.3, -0.25) is 4.72 Å². The van der Waals surface area contributed by atoms with Crippen molar-refractivity contribution >= 4 is 42.5 Å². The minimum atomic E-state index is -4.19. The Morgan fingerprint density at radius 3 is 2.39 bits per heavy atom. The first-order valence-corrected chi connectivity index (χ1v) is 13.9. The molecule has 1 aliphatic carbocycles. The zero-order chi connectivity index (χ0) is 24.0. The van der Waals surface area contributed by atoms with Crippen molar-refractivity contribution in [1.29, 1.82) is 0 Å². The van der Waals surface area contributed by atoms with Crippen LogP contribution in [0.5, 0.6) is 0 Å². The van der Waals surface area contributed by atoms with Crippen molar-refractivity contribution in [3.63, 3.8) is 0 Å². The average molecular weight is 496 g/mol. The van der Waals surface area contributed by atoms with Crippen molar-refractivity contribution < 1.29 is 35.2 Å². The molecule has 0 radical (unpaired) electrons. The van der Waals surface area contributed by atoms with E-state index >= 15 is 0 Å². The smallest absolute Gasteiger partial charge is 0.342 e. The highest BCUT2D eigenvalue weighted by Crippen LogP contribution is 2.47. The van der Waals surface area contributed by atoms with Gasteiger partial charge in [-0.15, -0.1) is 0 Å². The van der Waals surface area contributed by atoms with E-state index in [1.165, 1.54) is 30.3 Å². The third-order valence-corrected chi connectivity index (χ3v) is 8.58. The minimum Gasteiger partial charge on any atom is -0.462 e. The van der Waals surface area contributed by atoms with Crippen molar-refractivity contribution in [3.05, 3.63) is 53.3 Å². The van der Waals surface area contributed by atoms with Gasteiger partial charge < -0.3 is 9.15 Å². The van der Waals surface area contributed by atoms with Crippen LogP contribution in [0.2, 0.25) is 0 Å². The quantitative estimate of drug-likeness (QED) is 0.468. The van der Waals surface area contributed by atoms with Crippen molar-refractivity contribution in [2.24, 2.45) is 0 Å². The molecular formula is C22H22FNO7S2. The highest BCUT2D eigenvalue weighted by molar-refractivity contribution is 8.08. The lowest BCUT2D eigenvalue weighted by Crippen LogP contribution is -2.22. The maximum Gasteiger partial charge on any atom is 0.342 e. The number of nitrogens with one attached hydrogen (secondary N) is 1. The average Bonchev–Trinajstić information content (AvgIpc) is 3.46. The molecule has 0 bridgehead atoms. The molecule has 0 atom stereocenters. The molecule has 8 nitrogen and oxygen atoms in total. The summed E-state index contributed by atoms with van der Waals surface area (Å²) in [6, 6.07) is 8.52. The standard InChI is InChI=1S/C22H22FNO7S2/c1-3-30-22(25)20-17-10-16(13-4-5-13)18(24-33(28,29)12-32(2,26)27)11-19(17)31-21(20)14-6-8-15(23)9-7-14/h6-11,13,24H,3-5,12H2,1-2H3. The third-order valence-electron chi connectivity index (χ3n) is 5.10. The van der Waals surface area contributed by atoms with Crippen LogP contribution in [0, 0.1) is 5.82 Å². The fourth-order valence-electron chi connectivity index (χ4n) is 3.67. The molecule has 1 aliphatic rings. The first-order valence-electron chi connectivity index (χ1n) is 10.2. The summed E-state index contributed by atoms with van der Waals surface area (Å²) < 4.78 is 74.9. The third kappa shape index (κ3) is 5.19.